The minimum atomic E-state index is -4.23. The number of nitrogens with one attached hydrogen (secondary N) is 2. The zero-order valence-electron chi connectivity index (χ0n) is 13.9. The number of carboxylic acid groups (broad SMARTS) is 1. The molecule has 0 radical (unpaired) electrons. The van der Waals surface area contributed by atoms with Crippen LogP contribution in [0.2, 0.25) is 0 Å². The molecule has 0 spiro atoms. The number of carbonyl (C=O) groups is 2. The Labute approximate surface area is 151 Å². The van der Waals surface area contributed by atoms with E-state index < -0.39 is 39.3 Å². The Balaban J connectivity index is 1.65. The SMILES string of the molecule is O=C(O)[C@H](CC1=CCc2ccccc21)NC(=O)[C@@H]1C[C@@H](S(=O)(=O)O)CN1. The fraction of sp³-hybridized carbons (Fsp3) is 0.412. The summed E-state index contributed by atoms with van der Waals surface area (Å²) in [6, 6.07) is 5.73. The van der Waals surface area contributed by atoms with Crippen molar-refractivity contribution in [2.24, 2.45) is 0 Å². The summed E-state index contributed by atoms with van der Waals surface area (Å²) in [7, 11) is -4.23. The van der Waals surface area contributed by atoms with Crippen LogP contribution in [-0.2, 0) is 26.1 Å². The molecule has 8 nitrogen and oxygen atoms in total. The normalized spacial score (nSPS) is 23.2. The summed E-state index contributed by atoms with van der Waals surface area (Å²) < 4.78 is 31.4. The highest BCUT2D eigenvalue weighted by Crippen LogP contribution is 2.30. The van der Waals surface area contributed by atoms with Crippen LogP contribution in [0.15, 0.2) is 30.3 Å². The summed E-state index contributed by atoms with van der Waals surface area (Å²) in [4.78, 5) is 23.9. The Morgan fingerprint density at radius 3 is 2.69 bits per heavy atom. The monoisotopic (exact) mass is 380 g/mol. The van der Waals surface area contributed by atoms with Crippen molar-refractivity contribution in [1.82, 2.24) is 10.6 Å². The minimum Gasteiger partial charge on any atom is -0.480 e. The molecule has 1 aliphatic heterocycles. The average molecular weight is 380 g/mol. The Kier molecular flexibility index (Phi) is 5.12. The van der Waals surface area contributed by atoms with Gasteiger partial charge in [0.1, 0.15) is 11.3 Å². The standard InChI is InChI=1S/C17H20N2O6S/c20-16(14-8-12(9-18-14)26(23,24)25)19-15(17(21)22)7-11-6-5-10-3-1-2-4-13(10)11/h1-4,6,12,14-15,18H,5,7-9H2,(H,19,20)(H,21,22)(H,23,24,25)/t12-,14+,15+/m1/s1. The topological polar surface area (TPSA) is 133 Å². The van der Waals surface area contributed by atoms with Crippen LogP contribution in [0.5, 0.6) is 0 Å². The number of carboxylic acids is 1. The number of fused-ring (bicyclic) bond motifs is 1. The van der Waals surface area contributed by atoms with Crippen molar-refractivity contribution in [2.75, 3.05) is 6.54 Å². The van der Waals surface area contributed by atoms with Gasteiger partial charge in [-0.1, -0.05) is 30.3 Å². The fourth-order valence-corrected chi connectivity index (χ4v) is 4.11. The molecule has 0 unspecified atom stereocenters. The highest BCUT2D eigenvalue weighted by Gasteiger charge is 2.37. The van der Waals surface area contributed by atoms with Gasteiger partial charge < -0.3 is 15.7 Å². The molecule has 3 atom stereocenters. The van der Waals surface area contributed by atoms with Crippen LogP contribution in [0.3, 0.4) is 0 Å². The Morgan fingerprint density at radius 2 is 2.04 bits per heavy atom. The maximum atomic E-state index is 12.3. The van der Waals surface area contributed by atoms with E-state index in [1.807, 2.05) is 30.3 Å². The summed E-state index contributed by atoms with van der Waals surface area (Å²) in [6.45, 7) is -0.0484. The third kappa shape index (κ3) is 3.95. The summed E-state index contributed by atoms with van der Waals surface area (Å²) >= 11 is 0. The summed E-state index contributed by atoms with van der Waals surface area (Å²) in [5.74, 6) is -1.75. The average Bonchev–Trinajstić information content (AvgIpc) is 3.21. The minimum absolute atomic E-state index is 0.0484. The second-order valence-electron chi connectivity index (χ2n) is 6.53. The number of allylic oxidation sites excluding steroid dienone is 1. The van der Waals surface area contributed by atoms with E-state index in [0.29, 0.717) is 0 Å². The molecule has 26 heavy (non-hydrogen) atoms. The largest absolute Gasteiger partial charge is 0.480 e. The quantitative estimate of drug-likeness (QED) is 0.518. The molecule has 1 aliphatic carbocycles. The zero-order chi connectivity index (χ0) is 18.9. The van der Waals surface area contributed by atoms with Crippen molar-refractivity contribution in [1.29, 1.82) is 0 Å². The fourth-order valence-electron chi connectivity index (χ4n) is 3.37. The van der Waals surface area contributed by atoms with Crippen LogP contribution in [0.4, 0.5) is 0 Å². The van der Waals surface area contributed by atoms with E-state index in [4.69, 9.17) is 4.55 Å². The molecule has 0 bridgehead atoms. The maximum Gasteiger partial charge on any atom is 0.326 e. The molecule has 1 aromatic carbocycles. The third-order valence-electron chi connectivity index (χ3n) is 4.80. The molecular formula is C17H20N2O6S. The van der Waals surface area contributed by atoms with Gasteiger partial charge in [0.05, 0.1) is 6.04 Å². The Bertz CT molecular complexity index is 864. The number of amides is 1. The van der Waals surface area contributed by atoms with E-state index in [1.165, 1.54) is 0 Å². The van der Waals surface area contributed by atoms with Gasteiger partial charge in [0.15, 0.2) is 0 Å². The van der Waals surface area contributed by atoms with Crippen LogP contribution < -0.4 is 10.6 Å². The molecule has 9 heteroatoms. The van der Waals surface area contributed by atoms with Gasteiger partial charge in [0, 0.05) is 13.0 Å². The van der Waals surface area contributed by atoms with Crippen molar-refractivity contribution < 1.29 is 27.7 Å². The first kappa shape index (κ1) is 18.6. The second-order valence-corrected chi connectivity index (χ2v) is 8.22. The number of rotatable bonds is 6. The van der Waals surface area contributed by atoms with Crippen LogP contribution >= 0.6 is 0 Å². The Hall–Kier alpha value is -2.23. The van der Waals surface area contributed by atoms with Gasteiger partial charge in [-0.2, -0.15) is 8.42 Å². The van der Waals surface area contributed by atoms with Gasteiger partial charge in [-0.15, -0.1) is 0 Å². The molecule has 1 fully saturated rings. The van der Waals surface area contributed by atoms with Crippen molar-refractivity contribution in [3.63, 3.8) is 0 Å². The van der Waals surface area contributed by atoms with Crippen molar-refractivity contribution in [3.05, 3.63) is 41.5 Å². The number of benzene rings is 1. The molecule has 1 saturated heterocycles. The molecule has 2 aliphatic rings. The van der Waals surface area contributed by atoms with Crippen molar-refractivity contribution >= 4 is 27.6 Å². The summed E-state index contributed by atoms with van der Waals surface area (Å²) in [6.07, 6.45) is 2.73. The molecule has 3 rings (SSSR count). The van der Waals surface area contributed by atoms with E-state index >= 15 is 0 Å². The van der Waals surface area contributed by atoms with Gasteiger partial charge in [0.25, 0.3) is 10.1 Å². The number of aliphatic carboxylic acids is 1. The van der Waals surface area contributed by atoms with Crippen molar-refractivity contribution in [2.45, 2.75) is 36.6 Å². The Morgan fingerprint density at radius 1 is 1.31 bits per heavy atom. The second kappa shape index (κ2) is 7.18. The molecule has 0 saturated carbocycles. The van der Waals surface area contributed by atoms with Crippen molar-refractivity contribution in [3.8, 4) is 0 Å². The lowest BCUT2D eigenvalue weighted by molar-refractivity contribution is -0.141. The lowest BCUT2D eigenvalue weighted by Crippen LogP contribution is -2.48. The first-order chi connectivity index (χ1) is 12.3. The predicted octanol–water partition coefficient (Wildman–Crippen LogP) is 0.204. The highest BCUT2D eigenvalue weighted by molar-refractivity contribution is 7.86. The third-order valence-corrected chi connectivity index (χ3v) is 6.00. The van der Waals surface area contributed by atoms with Gasteiger partial charge in [-0.3, -0.25) is 9.35 Å². The summed E-state index contributed by atoms with van der Waals surface area (Å²) in [5.41, 5.74) is 2.97. The maximum absolute atomic E-state index is 12.3. The van der Waals surface area contributed by atoms with Gasteiger partial charge in [-0.25, -0.2) is 4.79 Å². The molecule has 0 aromatic heterocycles. The van der Waals surface area contributed by atoms with Crippen LogP contribution in [0.25, 0.3) is 5.57 Å². The zero-order valence-corrected chi connectivity index (χ0v) is 14.7. The van der Waals surface area contributed by atoms with Gasteiger partial charge >= 0.3 is 5.97 Å². The summed E-state index contributed by atoms with van der Waals surface area (Å²) in [5, 5.41) is 13.6. The number of hydrogen-bond acceptors (Lipinski definition) is 5. The van der Waals surface area contributed by atoms with Crippen LogP contribution in [0, 0.1) is 0 Å². The molecule has 1 aromatic rings. The van der Waals surface area contributed by atoms with Gasteiger partial charge in [0.2, 0.25) is 5.91 Å². The number of carbonyl (C=O) groups excluding carboxylic acids is 1. The number of hydrogen-bond donors (Lipinski definition) is 4. The molecule has 4 N–H and O–H groups in total. The molecular weight excluding hydrogens is 360 g/mol. The molecule has 1 amide bonds. The smallest absolute Gasteiger partial charge is 0.326 e. The van der Waals surface area contributed by atoms with E-state index in [1.54, 1.807) is 0 Å². The lowest BCUT2D eigenvalue weighted by atomic mass is 9.99. The van der Waals surface area contributed by atoms with Crippen LogP contribution in [-0.4, -0.2) is 53.8 Å². The molecule has 1 heterocycles. The van der Waals surface area contributed by atoms with Crippen LogP contribution in [0.1, 0.15) is 24.0 Å². The first-order valence-corrected chi connectivity index (χ1v) is 9.76. The lowest BCUT2D eigenvalue weighted by Gasteiger charge is -2.18. The van der Waals surface area contributed by atoms with E-state index in [2.05, 4.69) is 10.6 Å². The van der Waals surface area contributed by atoms with E-state index in [0.717, 1.165) is 23.1 Å². The predicted molar refractivity (Wildman–Crippen MR) is 94.1 cm³/mol. The highest BCUT2D eigenvalue weighted by atomic mass is 32.2. The van der Waals surface area contributed by atoms with E-state index in [9.17, 15) is 23.1 Å². The van der Waals surface area contributed by atoms with Gasteiger partial charge in [-0.05, 0) is 29.5 Å². The first-order valence-electron chi connectivity index (χ1n) is 8.26. The van der Waals surface area contributed by atoms with E-state index in [-0.39, 0.29) is 19.4 Å². The molecule has 140 valence electrons.